The Balaban J connectivity index is 2.84. The molecule has 0 amide bonds. The topological polar surface area (TPSA) is 32.5 Å². The normalized spacial score (nSPS) is 13.3. The maximum absolute atomic E-state index is 6.23. The zero-order chi connectivity index (χ0) is 13.7. The smallest absolute Gasteiger partial charge is 0.0483 e. The Kier molecular flexibility index (Phi) is 6.39. The largest absolute Gasteiger partial charge is 0.329 e. The Labute approximate surface area is 119 Å². The van der Waals surface area contributed by atoms with Gasteiger partial charge in [-0.15, -0.1) is 0 Å². The summed E-state index contributed by atoms with van der Waals surface area (Å²) in [6.45, 7) is 2.42. The SMILES string of the molecule is CN(C)CCN(C)C(CN)c1cc(Cl)ccc1Cl. The van der Waals surface area contributed by atoms with Crippen molar-refractivity contribution in [2.24, 2.45) is 5.73 Å². The standard InChI is InChI=1S/C13H21Cl2N3/c1-17(2)6-7-18(3)13(9-16)11-8-10(14)4-5-12(11)15/h4-5,8,13H,6-7,9,16H2,1-3H3. The van der Waals surface area contributed by atoms with Crippen molar-refractivity contribution in [2.45, 2.75) is 6.04 Å². The van der Waals surface area contributed by atoms with Crippen molar-refractivity contribution in [1.29, 1.82) is 0 Å². The molecule has 0 heterocycles. The van der Waals surface area contributed by atoms with Crippen LogP contribution in [-0.4, -0.2) is 50.6 Å². The Hall–Kier alpha value is -0.320. The van der Waals surface area contributed by atoms with Crippen LogP contribution in [0.2, 0.25) is 10.0 Å². The molecule has 0 radical (unpaired) electrons. The Morgan fingerprint density at radius 2 is 1.83 bits per heavy atom. The molecule has 1 rings (SSSR count). The van der Waals surface area contributed by atoms with Crippen LogP contribution in [0.15, 0.2) is 18.2 Å². The Morgan fingerprint density at radius 1 is 1.17 bits per heavy atom. The fourth-order valence-corrected chi connectivity index (χ4v) is 2.25. The lowest BCUT2D eigenvalue weighted by Crippen LogP contribution is -2.35. The lowest BCUT2D eigenvalue weighted by molar-refractivity contribution is 0.223. The molecule has 0 bridgehead atoms. The number of benzene rings is 1. The number of rotatable bonds is 6. The summed E-state index contributed by atoms with van der Waals surface area (Å²) in [5.74, 6) is 0. The fourth-order valence-electron chi connectivity index (χ4n) is 1.83. The van der Waals surface area contributed by atoms with Crippen molar-refractivity contribution in [3.8, 4) is 0 Å². The molecule has 0 aliphatic carbocycles. The van der Waals surface area contributed by atoms with E-state index in [2.05, 4.69) is 30.9 Å². The predicted octanol–water partition coefficient (Wildman–Crippen LogP) is 2.49. The van der Waals surface area contributed by atoms with Gasteiger partial charge >= 0.3 is 0 Å². The van der Waals surface area contributed by atoms with E-state index >= 15 is 0 Å². The molecule has 0 aromatic heterocycles. The van der Waals surface area contributed by atoms with Crippen molar-refractivity contribution in [3.63, 3.8) is 0 Å². The first-order valence-corrected chi connectivity index (χ1v) is 6.71. The van der Waals surface area contributed by atoms with Crippen LogP contribution in [0.25, 0.3) is 0 Å². The van der Waals surface area contributed by atoms with Gasteiger partial charge in [-0.3, -0.25) is 4.90 Å². The molecule has 0 spiro atoms. The molecule has 2 N–H and O–H groups in total. The fraction of sp³-hybridized carbons (Fsp3) is 0.538. The summed E-state index contributed by atoms with van der Waals surface area (Å²) in [6.07, 6.45) is 0. The molecule has 1 aromatic rings. The number of halogens is 2. The first-order chi connectivity index (χ1) is 8.45. The second kappa shape index (κ2) is 7.31. The average molecular weight is 290 g/mol. The summed E-state index contributed by atoms with van der Waals surface area (Å²) >= 11 is 12.2. The van der Waals surface area contributed by atoms with E-state index in [1.807, 2.05) is 12.1 Å². The van der Waals surface area contributed by atoms with Gasteiger partial charge in [-0.25, -0.2) is 0 Å². The summed E-state index contributed by atoms with van der Waals surface area (Å²) in [5, 5.41) is 1.40. The van der Waals surface area contributed by atoms with Crippen LogP contribution >= 0.6 is 23.2 Å². The highest BCUT2D eigenvalue weighted by Crippen LogP contribution is 2.28. The number of likely N-dealkylation sites (N-methyl/N-ethyl adjacent to an activating group) is 2. The van der Waals surface area contributed by atoms with Gasteiger partial charge in [-0.1, -0.05) is 23.2 Å². The zero-order valence-corrected chi connectivity index (χ0v) is 12.7. The van der Waals surface area contributed by atoms with Gasteiger partial charge in [0.15, 0.2) is 0 Å². The lowest BCUT2D eigenvalue weighted by atomic mass is 10.1. The van der Waals surface area contributed by atoms with Crippen molar-refractivity contribution < 1.29 is 0 Å². The van der Waals surface area contributed by atoms with Gasteiger partial charge in [-0.05, 0) is 44.9 Å². The van der Waals surface area contributed by atoms with E-state index in [1.54, 1.807) is 6.07 Å². The van der Waals surface area contributed by atoms with E-state index in [0.29, 0.717) is 16.6 Å². The quantitative estimate of drug-likeness (QED) is 0.873. The van der Waals surface area contributed by atoms with Crippen molar-refractivity contribution in [2.75, 3.05) is 40.8 Å². The van der Waals surface area contributed by atoms with Crippen molar-refractivity contribution in [1.82, 2.24) is 9.80 Å². The third-order valence-corrected chi connectivity index (χ3v) is 3.55. The van der Waals surface area contributed by atoms with Gasteiger partial charge in [0.05, 0.1) is 0 Å². The highest BCUT2D eigenvalue weighted by atomic mass is 35.5. The Morgan fingerprint density at radius 3 is 2.39 bits per heavy atom. The summed E-state index contributed by atoms with van der Waals surface area (Å²) in [4.78, 5) is 4.35. The van der Waals surface area contributed by atoms with Gasteiger partial charge in [0, 0.05) is 35.7 Å². The molecule has 1 aromatic carbocycles. The van der Waals surface area contributed by atoms with Gasteiger partial charge in [-0.2, -0.15) is 0 Å². The van der Waals surface area contributed by atoms with Gasteiger partial charge in [0.1, 0.15) is 0 Å². The van der Waals surface area contributed by atoms with E-state index in [4.69, 9.17) is 28.9 Å². The molecule has 3 nitrogen and oxygen atoms in total. The van der Waals surface area contributed by atoms with Crippen LogP contribution in [0.4, 0.5) is 0 Å². The van der Waals surface area contributed by atoms with E-state index in [1.165, 1.54) is 0 Å². The van der Waals surface area contributed by atoms with E-state index in [-0.39, 0.29) is 6.04 Å². The van der Waals surface area contributed by atoms with Crippen LogP contribution in [0, 0.1) is 0 Å². The molecule has 0 aliphatic heterocycles. The highest BCUT2D eigenvalue weighted by Gasteiger charge is 2.18. The maximum atomic E-state index is 6.23. The summed E-state index contributed by atoms with van der Waals surface area (Å²) < 4.78 is 0. The molecule has 0 fully saturated rings. The molecule has 1 unspecified atom stereocenters. The molecule has 1 atom stereocenters. The minimum absolute atomic E-state index is 0.0937. The van der Waals surface area contributed by atoms with Crippen LogP contribution < -0.4 is 5.73 Å². The molecule has 0 saturated carbocycles. The van der Waals surface area contributed by atoms with Crippen LogP contribution in [-0.2, 0) is 0 Å². The molecular weight excluding hydrogens is 269 g/mol. The van der Waals surface area contributed by atoms with Crippen LogP contribution in [0.1, 0.15) is 11.6 Å². The predicted molar refractivity (Wildman–Crippen MR) is 79.4 cm³/mol. The number of hydrogen-bond donors (Lipinski definition) is 1. The number of hydrogen-bond acceptors (Lipinski definition) is 3. The van der Waals surface area contributed by atoms with Crippen LogP contribution in [0.3, 0.4) is 0 Å². The molecular formula is C13H21Cl2N3. The third kappa shape index (κ3) is 4.41. The maximum Gasteiger partial charge on any atom is 0.0483 e. The lowest BCUT2D eigenvalue weighted by Gasteiger charge is -2.29. The number of nitrogens with two attached hydrogens (primary N) is 1. The van der Waals surface area contributed by atoms with E-state index in [0.717, 1.165) is 18.7 Å². The molecule has 0 aliphatic rings. The second-order valence-corrected chi connectivity index (χ2v) is 5.54. The monoisotopic (exact) mass is 289 g/mol. The summed E-state index contributed by atoms with van der Waals surface area (Å²) in [6, 6.07) is 5.60. The minimum atomic E-state index is 0.0937. The first-order valence-electron chi connectivity index (χ1n) is 5.95. The van der Waals surface area contributed by atoms with Gasteiger partial charge in [0.2, 0.25) is 0 Å². The van der Waals surface area contributed by atoms with Gasteiger partial charge < -0.3 is 10.6 Å². The molecule has 0 saturated heterocycles. The minimum Gasteiger partial charge on any atom is -0.329 e. The van der Waals surface area contributed by atoms with E-state index < -0.39 is 0 Å². The first kappa shape index (κ1) is 15.7. The Bertz CT molecular complexity index is 382. The molecule has 102 valence electrons. The van der Waals surface area contributed by atoms with Crippen molar-refractivity contribution in [3.05, 3.63) is 33.8 Å². The molecule has 5 heteroatoms. The summed E-state index contributed by atoms with van der Waals surface area (Å²) in [7, 11) is 6.16. The summed E-state index contributed by atoms with van der Waals surface area (Å²) in [5.41, 5.74) is 6.87. The van der Waals surface area contributed by atoms with Gasteiger partial charge in [0.25, 0.3) is 0 Å². The third-order valence-electron chi connectivity index (χ3n) is 2.97. The second-order valence-electron chi connectivity index (χ2n) is 4.70. The van der Waals surface area contributed by atoms with Crippen LogP contribution in [0.5, 0.6) is 0 Å². The van der Waals surface area contributed by atoms with E-state index in [9.17, 15) is 0 Å². The van der Waals surface area contributed by atoms with Crippen molar-refractivity contribution >= 4 is 23.2 Å². The zero-order valence-electron chi connectivity index (χ0n) is 11.2. The molecule has 18 heavy (non-hydrogen) atoms. The average Bonchev–Trinajstić information content (AvgIpc) is 2.32. The number of nitrogens with zero attached hydrogens (tertiary/aromatic N) is 2. The highest BCUT2D eigenvalue weighted by molar-refractivity contribution is 6.33.